The Hall–Kier alpha value is -2.83. The summed E-state index contributed by atoms with van der Waals surface area (Å²) >= 11 is 0. The van der Waals surface area contributed by atoms with Crippen molar-refractivity contribution in [3.63, 3.8) is 0 Å². The summed E-state index contributed by atoms with van der Waals surface area (Å²) in [6.45, 7) is 3.20. The number of carbonyl (C=O) groups is 1. The summed E-state index contributed by atoms with van der Waals surface area (Å²) in [4.78, 5) is 24.7. The van der Waals surface area contributed by atoms with Gasteiger partial charge in [-0.05, 0) is 12.1 Å². The van der Waals surface area contributed by atoms with Gasteiger partial charge in [-0.3, -0.25) is 0 Å². The van der Waals surface area contributed by atoms with Gasteiger partial charge in [0, 0.05) is 50.7 Å². The van der Waals surface area contributed by atoms with Crippen molar-refractivity contribution in [2.24, 2.45) is 0 Å². The van der Waals surface area contributed by atoms with E-state index in [9.17, 15) is 4.79 Å². The molecule has 2 aromatic rings. The van der Waals surface area contributed by atoms with Crippen LogP contribution in [0.5, 0.6) is 5.75 Å². The molecule has 1 aromatic carbocycles. The molecule has 0 bridgehead atoms. The van der Waals surface area contributed by atoms with Crippen LogP contribution in [0.2, 0.25) is 0 Å². The average Bonchev–Trinajstić information content (AvgIpc) is 2.67. The van der Waals surface area contributed by atoms with Gasteiger partial charge in [-0.15, -0.1) is 0 Å². The van der Waals surface area contributed by atoms with Gasteiger partial charge >= 0.3 is 6.03 Å². The summed E-state index contributed by atoms with van der Waals surface area (Å²) in [6, 6.07) is 9.42. The van der Waals surface area contributed by atoms with Gasteiger partial charge in [0.1, 0.15) is 5.75 Å². The highest BCUT2D eigenvalue weighted by Gasteiger charge is 2.22. The van der Waals surface area contributed by atoms with E-state index in [4.69, 9.17) is 4.74 Å². The fourth-order valence-corrected chi connectivity index (χ4v) is 2.70. The molecule has 1 saturated heterocycles. The number of methoxy groups -OCH3 is 1. The summed E-state index contributed by atoms with van der Waals surface area (Å²) in [5.74, 6) is 1.50. The van der Waals surface area contributed by atoms with E-state index in [-0.39, 0.29) is 6.03 Å². The molecular weight excluding hydrogens is 306 g/mol. The fourth-order valence-electron chi connectivity index (χ4n) is 2.70. The molecule has 1 N–H and O–H groups in total. The molecule has 24 heavy (non-hydrogen) atoms. The third-order valence-electron chi connectivity index (χ3n) is 4.02. The molecule has 3 rings (SSSR count). The van der Waals surface area contributed by atoms with Crippen molar-refractivity contribution in [3.05, 3.63) is 48.3 Å². The number of aromatic nitrogens is 2. The number of piperazine rings is 1. The van der Waals surface area contributed by atoms with E-state index < -0.39 is 0 Å². The largest absolute Gasteiger partial charge is 0.496 e. The van der Waals surface area contributed by atoms with Gasteiger partial charge in [0.05, 0.1) is 7.11 Å². The van der Waals surface area contributed by atoms with Gasteiger partial charge in [0.2, 0.25) is 5.95 Å². The van der Waals surface area contributed by atoms with Crippen molar-refractivity contribution in [3.8, 4) is 5.75 Å². The monoisotopic (exact) mass is 327 g/mol. The van der Waals surface area contributed by atoms with Gasteiger partial charge < -0.3 is 19.9 Å². The van der Waals surface area contributed by atoms with Gasteiger partial charge in [-0.25, -0.2) is 14.8 Å². The summed E-state index contributed by atoms with van der Waals surface area (Å²) in [6.07, 6.45) is 3.46. The second kappa shape index (κ2) is 7.63. The number of urea groups is 1. The first kappa shape index (κ1) is 16.0. The smallest absolute Gasteiger partial charge is 0.317 e. The molecule has 2 amide bonds. The van der Waals surface area contributed by atoms with E-state index in [0.29, 0.717) is 25.6 Å². The molecular formula is C17H21N5O2. The van der Waals surface area contributed by atoms with Crippen LogP contribution in [-0.2, 0) is 6.54 Å². The lowest BCUT2D eigenvalue weighted by atomic mass is 10.2. The molecule has 1 aliphatic rings. The fraction of sp³-hybridized carbons (Fsp3) is 0.353. The minimum absolute atomic E-state index is 0.0606. The number of nitrogens with one attached hydrogen (secondary N) is 1. The first-order chi connectivity index (χ1) is 11.8. The SMILES string of the molecule is COc1ccccc1CNC(=O)N1CCN(c2ncccn2)CC1. The zero-order valence-electron chi connectivity index (χ0n) is 13.7. The lowest BCUT2D eigenvalue weighted by molar-refractivity contribution is 0.193. The second-order valence-corrected chi connectivity index (χ2v) is 5.49. The zero-order valence-corrected chi connectivity index (χ0v) is 13.7. The number of nitrogens with zero attached hydrogens (tertiary/aromatic N) is 4. The van der Waals surface area contributed by atoms with E-state index in [2.05, 4.69) is 20.2 Å². The molecule has 0 atom stereocenters. The van der Waals surface area contributed by atoms with Gasteiger partial charge in [-0.2, -0.15) is 0 Å². The van der Waals surface area contributed by atoms with Crippen LogP contribution in [0, 0.1) is 0 Å². The Kier molecular flexibility index (Phi) is 5.10. The van der Waals surface area contributed by atoms with E-state index in [1.807, 2.05) is 29.2 Å². The van der Waals surface area contributed by atoms with Crippen LogP contribution < -0.4 is 15.0 Å². The topological polar surface area (TPSA) is 70.6 Å². The predicted molar refractivity (Wildman–Crippen MR) is 91.0 cm³/mol. The Morgan fingerprint density at radius 2 is 1.83 bits per heavy atom. The Morgan fingerprint density at radius 1 is 1.12 bits per heavy atom. The molecule has 0 radical (unpaired) electrons. The number of hydrogen-bond donors (Lipinski definition) is 1. The molecule has 7 heteroatoms. The van der Waals surface area contributed by atoms with Crippen molar-refractivity contribution in [2.75, 3.05) is 38.2 Å². The average molecular weight is 327 g/mol. The van der Waals surface area contributed by atoms with Crippen LogP contribution >= 0.6 is 0 Å². The number of benzene rings is 1. The molecule has 1 aliphatic heterocycles. The Bertz CT molecular complexity index is 672. The highest BCUT2D eigenvalue weighted by Crippen LogP contribution is 2.17. The normalized spacial score (nSPS) is 14.4. The Labute approximate surface area is 141 Å². The maximum Gasteiger partial charge on any atom is 0.317 e. The van der Waals surface area contributed by atoms with Gasteiger partial charge in [0.15, 0.2) is 0 Å². The highest BCUT2D eigenvalue weighted by atomic mass is 16.5. The van der Waals surface area contributed by atoms with Crippen LogP contribution in [-0.4, -0.2) is 54.2 Å². The molecule has 7 nitrogen and oxygen atoms in total. The molecule has 126 valence electrons. The van der Waals surface area contributed by atoms with Crippen molar-refractivity contribution in [1.82, 2.24) is 20.2 Å². The van der Waals surface area contributed by atoms with Crippen molar-refractivity contribution in [1.29, 1.82) is 0 Å². The van der Waals surface area contributed by atoms with Crippen LogP contribution in [0.3, 0.4) is 0 Å². The molecule has 0 aliphatic carbocycles. The zero-order chi connectivity index (χ0) is 16.8. The number of carbonyl (C=O) groups excluding carboxylic acids is 1. The Balaban J connectivity index is 1.50. The van der Waals surface area contributed by atoms with E-state index in [1.54, 1.807) is 25.6 Å². The number of anilines is 1. The summed E-state index contributed by atoms with van der Waals surface area (Å²) < 4.78 is 5.30. The Morgan fingerprint density at radius 3 is 2.54 bits per heavy atom. The van der Waals surface area contributed by atoms with Gasteiger partial charge in [0.25, 0.3) is 0 Å². The molecule has 2 heterocycles. The number of hydrogen-bond acceptors (Lipinski definition) is 5. The molecule has 0 unspecified atom stereocenters. The maximum atomic E-state index is 12.3. The molecule has 0 spiro atoms. The molecule has 1 aromatic heterocycles. The summed E-state index contributed by atoms with van der Waals surface area (Å²) in [5.41, 5.74) is 0.963. The van der Waals surface area contributed by atoms with Crippen molar-refractivity contribution < 1.29 is 9.53 Å². The van der Waals surface area contributed by atoms with Gasteiger partial charge in [-0.1, -0.05) is 18.2 Å². The lowest BCUT2D eigenvalue weighted by Crippen LogP contribution is -2.52. The van der Waals surface area contributed by atoms with Crippen LogP contribution in [0.4, 0.5) is 10.7 Å². The number of amides is 2. The minimum atomic E-state index is -0.0606. The minimum Gasteiger partial charge on any atom is -0.496 e. The summed E-state index contributed by atoms with van der Waals surface area (Å²) in [7, 11) is 1.63. The predicted octanol–water partition coefficient (Wildman–Crippen LogP) is 1.52. The van der Waals surface area contributed by atoms with Crippen LogP contribution in [0.25, 0.3) is 0 Å². The second-order valence-electron chi connectivity index (χ2n) is 5.49. The number of ether oxygens (including phenoxy) is 1. The van der Waals surface area contributed by atoms with Crippen molar-refractivity contribution in [2.45, 2.75) is 6.54 Å². The number of rotatable bonds is 4. The van der Waals surface area contributed by atoms with E-state index in [1.165, 1.54) is 0 Å². The van der Waals surface area contributed by atoms with E-state index in [0.717, 1.165) is 24.4 Å². The van der Waals surface area contributed by atoms with E-state index >= 15 is 0 Å². The highest BCUT2D eigenvalue weighted by molar-refractivity contribution is 5.74. The quantitative estimate of drug-likeness (QED) is 0.922. The molecule has 0 saturated carbocycles. The lowest BCUT2D eigenvalue weighted by Gasteiger charge is -2.34. The standard InChI is InChI=1S/C17H21N5O2/c1-24-15-6-3-2-5-14(15)13-20-17(23)22-11-9-21(10-12-22)16-18-7-4-8-19-16/h2-8H,9-13H2,1H3,(H,20,23). The van der Waals surface area contributed by atoms with Crippen molar-refractivity contribution >= 4 is 12.0 Å². The maximum absolute atomic E-state index is 12.3. The number of para-hydroxylation sites is 1. The summed E-state index contributed by atoms with van der Waals surface area (Å²) in [5, 5.41) is 2.96. The molecule has 1 fully saturated rings. The van der Waals surface area contributed by atoms with Crippen LogP contribution in [0.15, 0.2) is 42.7 Å². The first-order valence-corrected chi connectivity index (χ1v) is 7.94. The third-order valence-corrected chi connectivity index (χ3v) is 4.02. The first-order valence-electron chi connectivity index (χ1n) is 7.94. The third kappa shape index (κ3) is 3.73. The van der Waals surface area contributed by atoms with Crippen LogP contribution in [0.1, 0.15) is 5.56 Å².